The molecule has 0 radical (unpaired) electrons. The summed E-state index contributed by atoms with van der Waals surface area (Å²) < 4.78 is 5.13. The van der Waals surface area contributed by atoms with Gasteiger partial charge in [0.15, 0.2) is 6.10 Å². The van der Waals surface area contributed by atoms with Gasteiger partial charge >= 0.3 is 5.97 Å². The number of aromatic nitrogens is 1. The lowest BCUT2D eigenvalue weighted by molar-refractivity contribution is -0.154. The minimum atomic E-state index is -1.04. The Hall–Kier alpha value is -2.25. The second kappa shape index (κ2) is 6.89. The number of amides is 1. The lowest BCUT2D eigenvalue weighted by Crippen LogP contribution is -2.48. The van der Waals surface area contributed by atoms with Crippen LogP contribution in [0.3, 0.4) is 0 Å². The smallest absolute Gasteiger partial charge is 0.334 e. The predicted octanol–water partition coefficient (Wildman–Crippen LogP) is 1.66. The molecule has 23 heavy (non-hydrogen) atoms. The van der Waals surface area contributed by atoms with Gasteiger partial charge in [0.2, 0.25) is 0 Å². The number of carboxylic acids is 1. The third kappa shape index (κ3) is 3.75. The number of nitrogens with zero attached hydrogens (tertiary/aromatic N) is 2. The number of morpholine rings is 1. The maximum absolute atomic E-state index is 12.5. The van der Waals surface area contributed by atoms with Gasteiger partial charge in [-0.3, -0.25) is 4.79 Å². The van der Waals surface area contributed by atoms with Crippen molar-refractivity contribution in [2.24, 2.45) is 0 Å². The molecule has 1 saturated heterocycles. The predicted molar refractivity (Wildman–Crippen MR) is 84.6 cm³/mol. The fourth-order valence-corrected chi connectivity index (χ4v) is 3.32. The highest BCUT2D eigenvalue weighted by Crippen LogP contribution is 2.19. The number of carbonyl (C=O) groups excluding carboxylic acids is 1. The van der Waals surface area contributed by atoms with Gasteiger partial charge < -0.3 is 14.7 Å². The standard InChI is InChI=1S/C16H16N2O4S/c19-15(18-6-7-22-12(10-18)16(20)21)13-9-17-14(23-13)8-11-4-2-1-3-5-11/h1-5,9,12H,6-8,10H2,(H,20,21)/t12-/m1/s1. The number of hydrogen-bond acceptors (Lipinski definition) is 5. The first-order chi connectivity index (χ1) is 11.1. The SMILES string of the molecule is O=C(O)[C@H]1CN(C(=O)c2cnc(Cc3ccccc3)s2)CCO1. The monoisotopic (exact) mass is 332 g/mol. The summed E-state index contributed by atoms with van der Waals surface area (Å²) in [6.45, 7) is 0.701. The molecule has 1 fully saturated rings. The van der Waals surface area contributed by atoms with E-state index in [1.54, 1.807) is 6.20 Å². The molecule has 0 unspecified atom stereocenters. The van der Waals surface area contributed by atoms with Crippen LogP contribution in [-0.4, -0.2) is 52.7 Å². The number of hydrogen-bond donors (Lipinski definition) is 1. The van der Waals surface area contributed by atoms with Gasteiger partial charge in [-0.1, -0.05) is 30.3 Å². The lowest BCUT2D eigenvalue weighted by atomic mass is 10.2. The largest absolute Gasteiger partial charge is 0.479 e. The summed E-state index contributed by atoms with van der Waals surface area (Å²) in [5.74, 6) is -1.23. The number of rotatable bonds is 4. The third-order valence-corrected chi connectivity index (χ3v) is 4.58. The highest BCUT2D eigenvalue weighted by Gasteiger charge is 2.30. The molecule has 1 atom stereocenters. The molecule has 0 saturated carbocycles. The van der Waals surface area contributed by atoms with Crippen LogP contribution in [0.25, 0.3) is 0 Å². The fourth-order valence-electron chi connectivity index (χ4n) is 2.40. The summed E-state index contributed by atoms with van der Waals surface area (Å²) in [6.07, 6.45) is 1.29. The summed E-state index contributed by atoms with van der Waals surface area (Å²) in [6, 6.07) is 9.92. The molecule has 7 heteroatoms. The maximum atomic E-state index is 12.5. The Bertz CT molecular complexity index is 701. The number of ether oxygens (including phenoxy) is 1. The zero-order valence-electron chi connectivity index (χ0n) is 12.3. The van der Waals surface area contributed by atoms with Crippen molar-refractivity contribution in [1.29, 1.82) is 0 Å². The van der Waals surface area contributed by atoms with Crippen LogP contribution < -0.4 is 0 Å². The maximum Gasteiger partial charge on any atom is 0.334 e. The Morgan fingerprint density at radius 1 is 1.35 bits per heavy atom. The van der Waals surface area contributed by atoms with Crippen molar-refractivity contribution in [3.8, 4) is 0 Å². The van der Waals surface area contributed by atoms with Crippen LogP contribution in [-0.2, 0) is 16.0 Å². The van der Waals surface area contributed by atoms with Crippen molar-refractivity contribution < 1.29 is 19.4 Å². The van der Waals surface area contributed by atoms with E-state index in [1.807, 2.05) is 30.3 Å². The van der Waals surface area contributed by atoms with E-state index in [9.17, 15) is 9.59 Å². The zero-order chi connectivity index (χ0) is 16.2. The quantitative estimate of drug-likeness (QED) is 0.921. The molecule has 1 aliphatic rings. The summed E-state index contributed by atoms with van der Waals surface area (Å²) in [5, 5.41) is 9.87. The van der Waals surface area contributed by atoms with E-state index in [0.717, 1.165) is 10.6 Å². The fraction of sp³-hybridized carbons (Fsp3) is 0.312. The van der Waals surface area contributed by atoms with E-state index in [1.165, 1.54) is 16.2 Å². The Morgan fingerprint density at radius 3 is 2.87 bits per heavy atom. The van der Waals surface area contributed by atoms with Crippen LogP contribution in [0.1, 0.15) is 20.2 Å². The normalized spacial score (nSPS) is 17.9. The number of benzene rings is 1. The van der Waals surface area contributed by atoms with E-state index in [2.05, 4.69) is 4.98 Å². The number of carbonyl (C=O) groups is 2. The first kappa shape index (κ1) is 15.6. The van der Waals surface area contributed by atoms with Crippen molar-refractivity contribution in [2.75, 3.05) is 19.7 Å². The molecule has 6 nitrogen and oxygen atoms in total. The summed E-state index contributed by atoms with van der Waals surface area (Å²) in [7, 11) is 0. The average molecular weight is 332 g/mol. The molecule has 3 rings (SSSR count). The lowest BCUT2D eigenvalue weighted by Gasteiger charge is -2.30. The number of thiazole rings is 1. The Balaban J connectivity index is 1.67. The van der Waals surface area contributed by atoms with Gasteiger partial charge in [-0.15, -0.1) is 11.3 Å². The third-order valence-electron chi connectivity index (χ3n) is 3.59. The molecule has 0 bridgehead atoms. The van der Waals surface area contributed by atoms with Gasteiger partial charge in [-0.2, -0.15) is 0 Å². The van der Waals surface area contributed by atoms with Crippen LogP contribution in [0.15, 0.2) is 36.5 Å². The van der Waals surface area contributed by atoms with Gasteiger partial charge in [-0.05, 0) is 5.56 Å². The highest BCUT2D eigenvalue weighted by molar-refractivity contribution is 7.13. The summed E-state index contributed by atoms with van der Waals surface area (Å²) >= 11 is 1.35. The molecule has 1 aromatic carbocycles. The zero-order valence-corrected chi connectivity index (χ0v) is 13.2. The van der Waals surface area contributed by atoms with Gasteiger partial charge in [0.25, 0.3) is 5.91 Å². The molecule has 2 heterocycles. The molecule has 1 aliphatic heterocycles. The van der Waals surface area contributed by atoms with Crippen molar-refractivity contribution in [3.63, 3.8) is 0 Å². The van der Waals surface area contributed by atoms with Gasteiger partial charge in [0.1, 0.15) is 4.88 Å². The molecule has 0 aliphatic carbocycles. The van der Waals surface area contributed by atoms with Crippen LogP contribution >= 0.6 is 11.3 Å². The Morgan fingerprint density at radius 2 is 2.13 bits per heavy atom. The van der Waals surface area contributed by atoms with Crippen LogP contribution in [0, 0.1) is 0 Å². The second-order valence-electron chi connectivity index (χ2n) is 5.23. The molecule has 120 valence electrons. The van der Waals surface area contributed by atoms with E-state index >= 15 is 0 Å². The summed E-state index contributed by atoms with van der Waals surface area (Å²) in [4.78, 5) is 29.8. The number of carboxylic acid groups (broad SMARTS) is 1. The van der Waals surface area contributed by atoms with Gasteiger partial charge in [-0.25, -0.2) is 9.78 Å². The average Bonchev–Trinajstić information content (AvgIpc) is 3.03. The topological polar surface area (TPSA) is 79.7 Å². The highest BCUT2D eigenvalue weighted by atomic mass is 32.1. The van der Waals surface area contributed by atoms with Crippen LogP contribution in [0.4, 0.5) is 0 Å². The van der Waals surface area contributed by atoms with E-state index in [0.29, 0.717) is 17.8 Å². The first-order valence-electron chi connectivity index (χ1n) is 7.26. The second-order valence-corrected chi connectivity index (χ2v) is 6.34. The molecular formula is C16H16N2O4S. The summed E-state index contributed by atoms with van der Waals surface area (Å²) in [5.41, 5.74) is 1.14. The first-order valence-corrected chi connectivity index (χ1v) is 8.07. The Labute approximate surface area is 137 Å². The number of aliphatic carboxylic acids is 1. The van der Waals surface area contributed by atoms with Crippen molar-refractivity contribution in [3.05, 3.63) is 52.0 Å². The minimum absolute atomic E-state index is 0.0695. The van der Waals surface area contributed by atoms with Crippen molar-refractivity contribution in [1.82, 2.24) is 9.88 Å². The molecule has 0 spiro atoms. The molecule has 1 aromatic heterocycles. The van der Waals surface area contributed by atoms with E-state index in [-0.39, 0.29) is 19.1 Å². The minimum Gasteiger partial charge on any atom is -0.479 e. The van der Waals surface area contributed by atoms with Gasteiger partial charge in [0, 0.05) is 13.0 Å². The van der Waals surface area contributed by atoms with E-state index in [4.69, 9.17) is 9.84 Å². The van der Waals surface area contributed by atoms with Crippen LogP contribution in [0.5, 0.6) is 0 Å². The van der Waals surface area contributed by atoms with Crippen molar-refractivity contribution >= 4 is 23.2 Å². The molecule has 1 N–H and O–H groups in total. The van der Waals surface area contributed by atoms with Crippen molar-refractivity contribution in [2.45, 2.75) is 12.5 Å². The molecule has 1 amide bonds. The van der Waals surface area contributed by atoms with Crippen LogP contribution in [0.2, 0.25) is 0 Å². The molecular weight excluding hydrogens is 316 g/mol. The Kier molecular flexibility index (Phi) is 4.68. The molecule has 2 aromatic rings. The van der Waals surface area contributed by atoms with Gasteiger partial charge in [0.05, 0.1) is 24.4 Å². The van der Waals surface area contributed by atoms with E-state index < -0.39 is 12.1 Å².